The summed E-state index contributed by atoms with van der Waals surface area (Å²) in [6.45, 7) is 0.476. The molecule has 0 aromatic heterocycles. The molecule has 1 aliphatic rings. The molecule has 0 bridgehead atoms. The summed E-state index contributed by atoms with van der Waals surface area (Å²) in [6.07, 6.45) is 0.543. The molecule has 1 rings (SSSR count). The van der Waals surface area contributed by atoms with Gasteiger partial charge in [0.15, 0.2) is 5.88 Å². The molecule has 1 amide bonds. The van der Waals surface area contributed by atoms with E-state index in [9.17, 15) is 4.79 Å². The lowest BCUT2D eigenvalue weighted by Gasteiger charge is -1.93. The Labute approximate surface area is 52.5 Å². The van der Waals surface area contributed by atoms with Gasteiger partial charge in [-0.25, -0.2) is 0 Å². The van der Waals surface area contributed by atoms with Gasteiger partial charge in [0.1, 0.15) is 0 Å². The van der Waals surface area contributed by atoms with E-state index in [1.54, 1.807) is 0 Å². The first kappa shape index (κ1) is 5.94. The molecule has 0 saturated carbocycles. The number of nitrogens with two attached hydrogens (primary N) is 2. The Kier molecular flexibility index (Phi) is 1.30. The summed E-state index contributed by atoms with van der Waals surface area (Å²) >= 11 is 0. The number of hydrogen-bond acceptors (Lipinski definition) is 3. The number of carbonyl (C=O) groups is 1. The van der Waals surface area contributed by atoms with Crippen LogP contribution in [0.15, 0.2) is 11.5 Å². The van der Waals surface area contributed by atoms with Crippen LogP contribution in [0.4, 0.5) is 0 Å². The van der Waals surface area contributed by atoms with Crippen LogP contribution in [0.5, 0.6) is 0 Å². The fraction of sp³-hybridized carbons (Fsp3) is 0.400. The van der Waals surface area contributed by atoms with Crippen molar-refractivity contribution in [2.24, 2.45) is 11.5 Å². The first-order valence-corrected chi connectivity index (χ1v) is 2.63. The smallest absolute Gasteiger partial charge is 0.250 e. The monoisotopic (exact) mass is 128 g/mol. The third kappa shape index (κ3) is 0.960. The molecule has 9 heavy (non-hydrogen) atoms. The molecule has 0 aromatic rings. The van der Waals surface area contributed by atoms with Crippen LogP contribution in [0.2, 0.25) is 0 Å². The van der Waals surface area contributed by atoms with Crippen molar-refractivity contribution >= 4 is 5.91 Å². The fourth-order valence-corrected chi connectivity index (χ4v) is 0.718. The van der Waals surface area contributed by atoms with E-state index in [2.05, 4.69) is 0 Å². The van der Waals surface area contributed by atoms with Crippen molar-refractivity contribution in [1.29, 1.82) is 0 Å². The first-order valence-electron chi connectivity index (χ1n) is 2.63. The van der Waals surface area contributed by atoms with E-state index in [4.69, 9.17) is 16.2 Å². The second kappa shape index (κ2) is 1.97. The highest BCUT2D eigenvalue weighted by atomic mass is 16.5. The van der Waals surface area contributed by atoms with Crippen LogP contribution in [0.25, 0.3) is 0 Å². The highest BCUT2D eigenvalue weighted by molar-refractivity contribution is 5.92. The van der Waals surface area contributed by atoms with E-state index in [1.165, 1.54) is 0 Å². The highest BCUT2D eigenvalue weighted by Crippen LogP contribution is 2.13. The van der Waals surface area contributed by atoms with Gasteiger partial charge in [-0.05, 0) is 0 Å². The van der Waals surface area contributed by atoms with Crippen molar-refractivity contribution in [2.75, 3.05) is 6.61 Å². The molecule has 4 N–H and O–H groups in total. The van der Waals surface area contributed by atoms with Gasteiger partial charge in [0.05, 0.1) is 12.2 Å². The van der Waals surface area contributed by atoms with Crippen molar-refractivity contribution < 1.29 is 9.53 Å². The highest BCUT2D eigenvalue weighted by Gasteiger charge is 2.17. The molecule has 50 valence electrons. The Balaban J connectivity index is 2.78. The Morgan fingerprint density at radius 2 is 2.33 bits per heavy atom. The van der Waals surface area contributed by atoms with E-state index in [0.29, 0.717) is 18.6 Å². The molecule has 0 spiro atoms. The summed E-state index contributed by atoms with van der Waals surface area (Å²) < 4.78 is 4.78. The van der Waals surface area contributed by atoms with Crippen LogP contribution in [-0.2, 0) is 9.53 Å². The molecular weight excluding hydrogens is 120 g/mol. The lowest BCUT2D eigenvalue weighted by molar-refractivity contribution is -0.114. The van der Waals surface area contributed by atoms with Gasteiger partial charge in [-0.2, -0.15) is 0 Å². The van der Waals surface area contributed by atoms with Gasteiger partial charge in [0, 0.05) is 6.42 Å². The minimum atomic E-state index is -0.481. The lowest BCUT2D eigenvalue weighted by atomic mass is 10.2. The second-order valence-electron chi connectivity index (χ2n) is 1.81. The van der Waals surface area contributed by atoms with Gasteiger partial charge in [0.2, 0.25) is 5.91 Å². The van der Waals surface area contributed by atoms with Crippen molar-refractivity contribution in [2.45, 2.75) is 6.42 Å². The average molecular weight is 128 g/mol. The number of rotatable bonds is 1. The molecule has 4 heteroatoms. The van der Waals surface area contributed by atoms with Crippen LogP contribution in [-0.4, -0.2) is 12.5 Å². The quantitative estimate of drug-likeness (QED) is 0.478. The molecule has 0 saturated heterocycles. The van der Waals surface area contributed by atoms with Gasteiger partial charge < -0.3 is 16.2 Å². The van der Waals surface area contributed by atoms with Gasteiger partial charge in [-0.3, -0.25) is 4.79 Å². The molecule has 4 nitrogen and oxygen atoms in total. The van der Waals surface area contributed by atoms with Gasteiger partial charge in [0.25, 0.3) is 0 Å². The largest absolute Gasteiger partial charge is 0.479 e. The minimum Gasteiger partial charge on any atom is -0.479 e. The molecule has 0 unspecified atom stereocenters. The summed E-state index contributed by atoms with van der Waals surface area (Å²) in [5.41, 5.74) is 10.6. The number of amides is 1. The van der Waals surface area contributed by atoms with Crippen LogP contribution >= 0.6 is 0 Å². The van der Waals surface area contributed by atoms with Crippen molar-refractivity contribution in [3.05, 3.63) is 11.5 Å². The molecule has 0 aliphatic carbocycles. The first-order chi connectivity index (χ1) is 4.22. The maximum atomic E-state index is 10.4. The van der Waals surface area contributed by atoms with Crippen molar-refractivity contribution in [1.82, 2.24) is 0 Å². The van der Waals surface area contributed by atoms with Crippen LogP contribution in [0.1, 0.15) is 6.42 Å². The maximum Gasteiger partial charge on any atom is 0.250 e. The van der Waals surface area contributed by atoms with Crippen LogP contribution in [0.3, 0.4) is 0 Å². The Bertz CT molecular complexity index is 174. The van der Waals surface area contributed by atoms with E-state index in [1.807, 2.05) is 0 Å². The number of hydrogen-bond donors (Lipinski definition) is 2. The van der Waals surface area contributed by atoms with E-state index < -0.39 is 5.91 Å². The lowest BCUT2D eigenvalue weighted by Crippen LogP contribution is -2.15. The van der Waals surface area contributed by atoms with E-state index in [-0.39, 0.29) is 5.88 Å². The van der Waals surface area contributed by atoms with Crippen LogP contribution in [0, 0.1) is 0 Å². The molecule has 1 heterocycles. The summed E-state index contributed by atoms with van der Waals surface area (Å²) in [4.78, 5) is 10.4. The molecule has 0 fully saturated rings. The molecule has 0 radical (unpaired) electrons. The summed E-state index contributed by atoms with van der Waals surface area (Å²) in [5, 5.41) is 0. The topological polar surface area (TPSA) is 78.3 Å². The predicted molar refractivity (Wildman–Crippen MR) is 31.0 cm³/mol. The normalized spacial score (nSPS) is 17.8. The third-order valence-corrected chi connectivity index (χ3v) is 1.20. The van der Waals surface area contributed by atoms with Gasteiger partial charge >= 0.3 is 0 Å². The molecule has 0 atom stereocenters. The standard InChI is InChI=1S/C5H8N2O2/c6-4(8)3-1-2-9-5(3)7/h1-2,7H2,(H2,6,8). The Hall–Kier alpha value is -1.19. The van der Waals surface area contributed by atoms with E-state index in [0.717, 1.165) is 0 Å². The van der Waals surface area contributed by atoms with Crippen molar-refractivity contribution in [3.63, 3.8) is 0 Å². The number of ether oxygens (including phenoxy) is 1. The van der Waals surface area contributed by atoms with Gasteiger partial charge in [-0.1, -0.05) is 0 Å². The summed E-state index contributed by atoms with van der Waals surface area (Å²) in [6, 6.07) is 0. The zero-order valence-corrected chi connectivity index (χ0v) is 4.89. The maximum absolute atomic E-state index is 10.4. The molecule has 0 aromatic carbocycles. The Morgan fingerprint density at radius 3 is 2.56 bits per heavy atom. The molecular formula is C5H8N2O2. The summed E-state index contributed by atoms with van der Waals surface area (Å²) in [5.74, 6) is -0.299. The number of carbonyl (C=O) groups excluding carboxylic acids is 1. The summed E-state index contributed by atoms with van der Waals surface area (Å²) in [7, 11) is 0. The van der Waals surface area contributed by atoms with E-state index >= 15 is 0 Å². The molecule has 1 aliphatic heterocycles. The Morgan fingerprint density at radius 1 is 1.67 bits per heavy atom. The fourth-order valence-electron chi connectivity index (χ4n) is 0.718. The number of primary amides is 1. The minimum absolute atomic E-state index is 0.183. The van der Waals surface area contributed by atoms with Gasteiger partial charge in [-0.15, -0.1) is 0 Å². The zero-order chi connectivity index (χ0) is 6.85. The SMILES string of the molecule is NC(=O)C1=C(N)OCC1. The second-order valence-corrected chi connectivity index (χ2v) is 1.81. The predicted octanol–water partition coefficient (Wildman–Crippen LogP) is -0.938. The zero-order valence-electron chi connectivity index (χ0n) is 4.89. The van der Waals surface area contributed by atoms with Crippen molar-refractivity contribution in [3.8, 4) is 0 Å². The average Bonchev–Trinajstić information content (AvgIpc) is 2.13. The third-order valence-electron chi connectivity index (χ3n) is 1.20. The van der Waals surface area contributed by atoms with Crippen LogP contribution < -0.4 is 11.5 Å².